The predicted molar refractivity (Wildman–Crippen MR) is 153 cm³/mol. The van der Waals surface area contributed by atoms with E-state index in [1.807, 2.05) is 0 Å². The molecule has 0 amide bonds. The van der Waals surface area contributed by atoms with Gasteiger partial charge in [-0.25, -0.2) is 0 Å². The summed E-state index contributed by atoms with van der Waals surface area (Å²) < 4.78 is 3.09. The molecule has 210 valence electrons. The molecule has 8 rings (SSSR count). The molecular formula is C36H60Cr. The van der Waals surface area contributed by atoms with Gasteiger partial charge in [0.15, 0.2) is 0 Å². The molecule has 1 heteroatoms. The fraction of sp³-hybridized carbons (Fsp3) is 1.00. The summed E-state index contributed by atoms with van der Waals surface area (Å²) in [6.45, 7) is 22.5. The molecule has 37 heavy (non-hydrogen) atoms. The van der Waals surface area contributed by atoms with Crippen molar-refractivity contribution >= 4 is 0 Å². The van der Waals surface area contributed by atoms with Gasteiger partial charge < -0.3 is 0 Å². The third-order valence-corrected chi connectivity index (χ3v) is 30.3. The Morgan fingerprint density at radius 3 is 0.757 bits per heavy atom. The van der Waals surface area contributed by atoms with Crippen LogP contribution in [-0.2, 0) is 13.1 Å². The fourth-order valence-corrected chi connectivity index (χ4v) is 33.9. The molecule has 0 aliphatic heterocycles. The zero-order chi connectivity index (χ0) is 25.9. The van der Waals surface area contributed by atoms with E-state index in [1.165, 1.54) is 0 Å². The van der Waals surface area contributed by atoms with Crippen molar-refractivity contribution in [2.75, 3.05) is 0 Å². The van der Waals surface area contributed by atoms with Crippen LogP contribution in [0.1, 0.15) is 132 Å². The molecule has 0 aromatic heterocycles. The molecule has 8 saturated carbocycles. The average Bonchev–Trinajstić information content (AvgIpc) is 3.74. The van der Waals surface area contributed by atoms with Gasteiger partial charge in [-0.2, -0.15) is 0 Å². The van der Waals surface area contributed by atoms with Crippen molar-refractivity contribution in [3.05, 3.63) is 0 Å². The van der Waals surface area contributed by atoms with E-state index in [1.54, 1.807) is 77.0 Å². The van der Waals surface area contributed by atoms with Crippen LogP contribution < -0.4 is 0 Å². The summed E-state index contributed by atoms with van der Waals surface area (Å²) in [5.41, 5.74) is 0. The normalized spacial score (nSPS) is 67.7. The molecule has 0 N–H and O–H groups in total. The predicted octanol–water partition coefficient (Wildman–Crippen LogP) is 11.1. The van der Waals surface area contributed by atoms with Gasteiger partial charge in [0.1, 0.15) is 0 Å². The van der Waals surface area contributed by atoms with Gasteiger partial charge in [-0.05, 0) is 0 Å². The number of hydrogen-bond donors (Lipinski definition) is 0. The summed E-state index contributed by atoms with van der Waals surface area (Å²) in [5, 5.41) is 0. The monoisotopic (exact) mass is 544 g/mol. The SMILES string of the molecule is CC1C2CC[C]([Cr]([C]34CCC(C3)C(C)C4C)([C]34CCC(C3)C(C)C4C)[C]34CCC(C3)C(C)C4C)(C2)C1C. The average molecular weight is 545 g/mol. The molecule has 0 saturated heterocycles. The van der Waals surface area contributed by atoms with E-state index < -0.39 is 13.1 Å². The molecule has 0 aromatic rings. The summed E-state index contributed by atoms with van der Waals surface area (Å²) in [6, 6.07) is 0. The standard InChI is InChI=1S/4C9H15.Cr/c4*1-6-7(2)9-4-3-8(6)5-9;/h4*6-8H,3-5H2,1-2H3;. The Hall–Kier alpha value is 0.532. The zero-order valence-corrected chi connectivity index (χ0v) is 27.1. The van der Waals surface area contributed by atoms with E-state index in [-0.39, 0.29) is 0 Å². The van der Waals surface area contributed by atoms with E-state index in [9.17, 15) is 0 Å². The van der Waals surface area contributed by atoms with Crippen molar-refractivity contribution in [3.8, 4) is 0 Å². The molecule has 8 fully saturated rings. The first-order chi connectivity index (χ1) is 17.5. The van der Waals surface area contributed by atoms with Gasteiger partial charge in [0.25, 0.3) is 0 Å². The quantitative estimate of drug-likeness (QED) is 0.330. The van der Waals surface area contributed by atoms with Gasteiger partial charge in [-0.15, -0.1) is 0 Å². The van der Waals surface area contributed by atoms with E-state index >= 15 is 0 Å². The molecular weight excluding hydrogens is 484 g/mol. The van der Waals surface area contributed by atoms with Crippen LogP contribution in [0, 0.1) is 71.0 Å². The maximum atomic E-state index is 2.88. The maximum absolute atomic E-state index is 2.88. The van der Waals surface area contributed by atoms with E-state index in [0.717, 1.165) is 88.1 Å². The van der Waals surface area contributed by atoms with Crippen molar-refractivity contribution < 1.29 is 13.1 Å². The molecule has 0 aromatic carbocycles. The Morgan fingerprint density at radius 2 is 0.595 bits per heavy atom. The Bertz CT molecular complexity index is 828. The fourth-order valence-electron chi connectivity index (χ4n) is 16.0. The second kappa shape index (κ2) is 7.48. The van der Waals surface area contributed by atoms with Crippen molar-refractivity contribution in [1.82, 2.24) is 0 Å². The molecule has 16 unspecified atom stereocenters. The van der Waals surface area contributed by atoms with Gasteiger partial charge in [0.05, 0.1) is 0 Å². The van der Waals surface area contributed by atoms with Crippen molar-refractivity contribution in [1.29, 1.82) is 0 Å². The molecule has 8 aliphatic carbocycles. The Labute approximate surface area is 233 Å². The topological polar surface area (TPSA) is 0 Å². The van der Waals surface area contributed by atoms with Gasteiger partial charge in [0.2, 0.25) is 0 Å². The van der Waals surface area contributed by atoms with Gasteiger partial charge in [-0.3, -0.25) is 0 Å². The van der Waals surface area contributed by atoms with Gasteiger partial charge in [0, 0.05) is 0 Å². The summed E-state index contributed by atoms with van der Waals surface area (Å²) >= 11 is -2.23. The number of fused-ring (bicyclic) bond motifs is 8. The van der Waals surface area contributed by atoms with Crippen molar-refractivity contribution in [2.24, 2.45) is 71.0 Å². The Kier molecular flexibility index (Phi) is 5.11. The van der Waals surface area contributed by atoms with Crippen LogP contribution in [0.2, 0.25) is 17.1 Å². The van der Waals surface area contributed by atoms with E-state index in [0.29, 0.717) is 0 Å². The van der Waals surface area contributed by atoms with Crippen LogP contribution in [0.3, 0.4) is 0 Å². The van der Waals surface area contributed by atoms with Crippen LogP contribution >= 0.6 is 0 Å². The first-order valence-corrected chi connectivity index (χ1v) is 19.9. The Balaban J connectivity index is 1.51. The summed E-state index contributed by atoms with van der Waals surface area (Å²) in [4.78, 5) is 0. The second-order valence-corrected chi connectivity index (χ2v) is 24.5. The van der Waals surface area contributed by atoms with Crippen LogP contribution in [0.15, 0.2) is 0 Å². The van der Waals surface area contributed by atoms with Crippen LogP contribution in [0.5, 0.6) is 0 Å². The van der Waals surface area contributed by atoms with Crippen LogP contribution in [0.4, 0.5) is 0 Å². The third-order valence-electron chi connectivity index (χ3n) is 18.1. The summed E-state index contributed by atoms with van der Waals surface area (Å²) in [6.07, 6.45) is 20.0. The van der Waals surface area contributed by atoms with Gasteiger partial charge >= 0.3 is 234 Å². The molecule has 8 bridgehead atoms. The molecule has 0 radical (unpaired) electrons. The minimum atomic E-state index is -2.23. The Morgan fingerprint density at radius 1 is 0.378 bits per heavy atom. The second-order valence-electron chi connectivity index (χ2n) is 17.5. The third kappa shape index (κ3) is 2.34. The van der Waals surface area contributed by atoms with E-state index in [4.69, 9.17) is 0 Å². The summed E-state index contributed by atoms with van der Waals surface area (Å²) in [7, 11) is 0. The number of hydrogen-bond acceptors (Lipinski definition) is 0. The summed E-state index contributed by atoms with van der Waals surface area (Å²) in [5.74, 6) is 12.3. The van der Waals surface area contributed by atoms with E-state index in [2.05, 4.69) is 55.4 Å². The molecule has 16 atom stereocenters. The van der Waals surface area contributed by atoms with Crippen molar-refractivity contribution in [3.63, 3.8) is 0 Å². The zero-order valence-electron chi connectivity index (χ0n) is 25.8. The van der Waals surface area contributed by atoms with Gasteiger partial charge in [-0.1, -0.05) is 0 Å². The first kappa shape index (κ1) is 25.3. The number of rotatable bonds is 4. The van der Waals surface area contributed by atoms with Crippen molar-refractivity contribution in [2.45, 2.75) is 150 Å². The van der Waals surface area contributed by atoms with Crippen LogP contribution in [0.25, 0.3) is 0 Å². The molecule has 0 heterocycles. The first-order valence-electron chi connectivity index (χ1n) is 17.4. The molecule has 0 spiro atoms. The minimum absolute atomic E-state index is 0.772. The molecule has 0 nitrogen and oxygen atoms in total. The molecule has 8 aliphatic rings. The van der Waals surface area contributed by atoms with Crippen LogP contribution in [-0.4, -0.2) is 0 Å².